The second kappa shape index (κ2) is 9.84. The van der Waals surface area contributed by atoms with Crippen molar-refractivity contribution >= 4 is 51.8 Å². The minimum absolute atomic E-state index is 0.0139. The number of anilines is 1. The Labute approximate surface area is 203 Å². The van der Waals surface area contributed by atoms with Gasteiger partial charge >= 0.3 is 0 Å². The number of aliphatic hydroxyl groups excluding tert-OH is 1. The molecule has 178 valence electrons. The van der Waals surface area contributed by atoms with Gasteiger partial charge in [0.1, 0.15) is 0 Å². The van der Waals surface area contributed by atoms with Crippen molar-refractivity contribution in [2.75, 3.05) is 41.9 Å². The van der Waals surface area contributed by atoms with Gasteiger partial charge in [0.2, 0.25) is 11.8 Å². The summed E-state index contributed by atoms with van der Waals surface area (Å²) in [4.78, 5) is 33.2. The molecule has 1 aromatic heterocycles. The third-order valence-corrected chi connectivity index (χ3v) is 10.3. The van der Waals surface area contributed by atoms with Crippen molar-refractivity contribution in [1.82, 2.24) is 9.88 Å². The highest BCUT2D eigenvalue weighted by atomic mass is 32.2. The molecule has 1 saturated carbocycles. The molecule has 32 heavy (non-hydrogen) atoms. The van der Waals surface area contributed by atoms with Gasteiger partial charge in [-0.25, -0.2) is 4.98 Å². The molecule has 0 aromatic carbocycles. The van der Waals surface area contributed by atoms with E-state index in [4.69, 9.17) is 4.98 Å². The molecule has 9 heteroatoms. The first-order chi connectivity index (χ1) is 15.2. The van der Waals surface area contributed by atoms with Crippen molar-refractivity contribution < 1.29 is 14.7 Å². The molecule has 0 spiro atoms. The van der Waals surface area contributed by atoms with Gasteiger partial charge in [-0.1, -0.05) is 20.8 Å². The van der Waals surface area contributed by atoms with Crippen LogP contribution in [0.3, 0.4) is 0 Å². The third-order valence-electron chi connectivity index (χ3n) is 7.80. The molecule has 2 heterocycles. The van der Waals surface area contributed by atoms with Crippen molar-refractivity contribution in [3.05, 3.63) is 10.6 Å². The first-order valence-corrected chi connectivity index (χ1v) is 14.9. The predicted octanol–water partition coefficient (Wildman–Crippen LogP) is 3.71. The van der Waals surface area contributed by atoms with Crippen molar-refractivity contribution in [1.29, 1.82) is 0 Å². The summed E-state index contributed by atoms with van der Waals surface area (Å²) in [6, 6.07) is 0. The predicted molar refractivity (Wildman–Crippen MR) is 135 cm³/mol. The minimum Gasteiger partial charge on any atom is -0.392 e. The van der Waals surface area contributed by atoms with Crippen LogP contribution in [-0.4, -0.2) is 69.5 Å². The maximum Gasteiger partial charge on any atom is 0.236 e. The molecular weight excluding hydrogens is 462 g/mol. The van der Waals surface area contributed by atoms with E-state index < -0.39 is 6.10 Å². The molecule has 1 saturated heterocycles. The van der Waals surface area contributed by atoms with Gasteiger partial charge in [0.25, 0.3) is 0 Å². The number of amides is 2. The summed E-state index contributed by atoms with van der Waals surface area (Å²) in [5.41, 5.74) is 1.00. The van der Waals surface area contributed by atoms with Gasteiger partial charge in [0.15, 0.2) is 5.13 Å². The van der Waals surface area contributed by atoms with E-state index in [1.54, 1.807) is 11.3 Å². The summed E-state index contributed by atoms with van der Waals surface area (Å²) in [6.45, 7) is 8.11. The van der Waals surface area contributed by atoms with Crippen LogP contribution in [0.1, 0.15) is 50.1 Å². The molecule has 1 aromatic rings. The summed E-state index contributed by atoms with van der Waals surface area (Å²) in [7, 11) is 0. The summed E-state index contributed by atoms with van der Waals surface area (Å²) in [5.74, 6) is 2.59. The van der Waals surface area contributed by atoms with E-state index in [2.05, 4.69) is 19.2 Å². The second-order valence-electron chi connectivity index (χ2n) is 9.87. The van der Waals surface area contributed by atoms with Gasteiger partial charge in [-0.15, -0.1) is 11.3 Å². The van der Waals surface area contributed by atoms with Gasteiger partial charge in [-0.2, -0.15) is 23.5 Å². The lowest BCUT2D eigenvalue weighted by Crippen LogP contribution is -2.54. The fourth-order valence-corrected chi connectivity index (χ4v) is 8.66. The average molecular weight is 498 g/mol. The number of fused-ring (bicyclic) bond motifs is 2. The summed E-state index contributed by atoms with van der Waals surface area (Å²) in [5, 5.41) is 15.2. The maximum atomic E-state index is 13.2. The van der Waals surface area contributed by atoms with E-state index in [0.717, 1.165) is 49.6 Å². The summed E-state index contributed by atoms with van der Waals surface area (Å²) in [6.07, 6.45) is 4.15. The van der Waals surface area contributed by atoms with Gasteiger partial charge in [0.05, 0.1) is 17.6 Å². The van der Waals surface area contributed by atoms with Crippen LogP contribution in [0.5, 0.6) is 0 Å². The van der Waals surface area contributed by atoms with E-state index in [-0.39, 0.29) is 40.9 Å². The number of aliphatic hydroxyl groups is 1. The summed E-state index contributed by atoms with van der Waals surface area (Å²) < 4.78 is 0. The molecule has 2 aliphatic carbocycles. The van der Waals surface area contributed by atoms with Crippen LogP contribution < -0.4 is 5.32 Å². The molecule has 6 nitrogen and oxygen atoms in total. The number of hydrogen-bond donors (Lipinski definition) is 2. The lowest BCUT2D eigenvalue weighted by molar-refractivity contribution is -0.144. The smallest absolute Gasteiger partial charge is 0.236 e. The Kier molecular flexibility index (Phi) is 7.49. The number of aromatic nitrogens is 1. The van der Waals surface area contributed by atoms with Crippen molar-refractivity contribution in [2.45, 2.75) is 52.1 Å². The van der Waals surface area contributed by atoms with Gasteiger partial charge in [0, 0.05) is 41.3 Å². The minimum atomic E-state index is -0.522. The molecule has 0 radical (unpaired) electrons. The maximum absolute atomic E-state index is 13.2. The standard InChI is InChI=1S/C23H35N3O3S3/c1-13(21(29)26-7-9-31-10-8-26)15-5-6-23(3)11-16-19(14(2)18(23)20(15)28)25-22(32-16)24-17(27)12-30-4/h13-15,18,20,28H,5-12H2,1-4H3,(H,24,25,27)/t13-,14+,15+,18+,20-,23+/m0/s1. The number of nitrogens with one attached hydrogen (secondary N) is 1. The molecule has 0 bridgehead atoms. The number of carbonyl (C=O) groups excluding carboxylic acids is 2. The van der Waals surface area contributed by atoms with Crippen molar-refractivity contribution in [3.8, 4) is 0 Å². The van der Waals surface area contributed by atoms with Crippen LogP contribution in [0.25, 0.3) is 0 Å². The number of thioether (sulfide) groups is 2. The average Bonchev–Trinajstić information content (AvgIpc) is 3.15. The lowest BCUT2D eigenvalue weighted by atomic mass is 9.53. The Morgan fingerprint density at radius 3 is 2.78 bits per heavy atom. The van der Waals surface area contributed by atoms with Crippen molar-refractivity contribution in [2.24, 2.45) is 23.2 Å². The first-order valence-electron chi connectivity index (χ1n) is 11.6. The quantitative estimate of drug-likeness (QED) is 0.645. The van der Waals surface area contributed by atoms with Gasteiger partial charge in [-0.05, 0) is 42.8 Å². The van der Waals surface area contributed by atoms with E-state index in [1.807, 2.05) is 29.8 Å². The van der Waals surface area contributed by atoms with Gasteiger partial charge < -0.3 is 15.3 Å². The Balaban J connectivity index is 1.52. The molecule has 2 N–H and O–H groups in total. The van der Waals surface area contributed by atoms with E-state index >= 15 is 0 Å². The zero-order valence-corrected chi connectivity index (χ0v) is 21.9. The largest absolute Gasteiger partial charge is 0.392 e. The van der Waals surface area contributed by atoms with E-state index in [0.29, 0.717) is 10.9 Å². The van der Waals surface area contributed by atoms with Crippen molar-refractivity contribution in [3.63, 3.8) is 0 Å². The Bertz CT molecular complexity index is 857. The van der Waals surface area contributed by atoms with Crippen LogP contribution in [0.4, 0.5) is 5.13 Å². The molecule has 3 aliphatic rings. The Morgan fingerprint density at radius 2 is 2.09 bits per heavy atom. The molecular formula is C23H35N3O3S3. The zero-order chi connectivity index (χ0) is 23.0. The fraction of sp³-hybridized carbons (Fsp3) is 0.783. The third kappa shape index (κ3) is 4.59. The van der Waals surface area contributed by atoms with Gasteiger partial charge in [-0.3, -0.25) is 9.59 Å². The van der Waals surface area contributed by atoms with Crippen LogP contribution in [0, 0.1) is 23.2 Å². The highest BCUT2D eigenvalue weighted by molar-refractivity contribution is 7.99. The number of thiazole rings is 1. The Morgan fingerprint density at radius 1 is 1.38 bits per heavy atom. The normalized spacial score (nSPS) is 33.2. The van der Waals surface area contributed by atoms with Crippen LogP contribution >= 0.6 is 34.9 Å². The molecule has 2 fully saturated rings. The van der Waals surface area contributed by atoms with Crippen LogP contribution in [0.15, 0.2) is 0 Å². The topological polar surface area (TPSA) is 82.5 Å². The number of carbonyl (C=O) groups is 2. The zero-order valence-electron chi connectivity index (χ0n) is 19.4. The highest BCUT2D eigenvalue weighted by Gasteiger charge is 2.54. The fourth-order valence-electron chi connectivity index (χ4n) is 6.14. The number of nitrogens with zero attached hydrogens (tertiary/aromatic N) is 2. The number of rotatable bonds is 5. The molecule has 6 atom stereocenters. The molecule has 1 aliphatic heterocycles. The monoisotopic (exact) mass is 497 g/mol. The Hall–Kier alpha value is -0.770. The second-order valence-corrected chi connectivity index (χ2v) is 13.0. The molecule has 4 rings (SSSR count). The van der Waals surface area contributed by atoms with E-state index in [9.17, 15) is 14.7 Å². The first kappa shape index (κ1) is 24.4. The highest BCUT2D eigenvalue weighted by Crippen LogP contribution is 2.57. The molecule has 0 unspecified atom stereocenters. The number of hydrogen-bond acceptors (Lipinski definition) is 7. The SMILES string of the molecule is CSCC(=O)Nc1nc2c(s1)C[C@@]1(C)CC[C@H]([C@H](C)C(=O)N3CCSCC3)[C@H](O)[C@H]1[C@H]2C. The lowest BCUT2D eigenvalue weighted by Gasteiger charge is -2.53. The van der Waals surface area contributed by atoms with E-state index in [1.165, 1.54) is 16.6 Å². The van der Waals surface area contributed by atoms with Crippen LogP contribution in [-0.2, 0) is 16.0 Å². The molecule has 2 amide bonds. The summed E-state index contributed by atoms with van der Waals surface area (Å²) >= 11 is 4.98. The van der Waals surface area contributed by atoms with Crippen LogP contribution in [0.2, 0.25) is 0 Å².